The van der Waals surface area contributed by atoms with Crippen LogP contribution in [0.5, 0.6) is 0 Å². The van der Waals surface area contributed by atoms with E-state index in [9.17, 15) is 0 Å². The van der Waals surface area contributed by atoms with Crippen molar-refractivity contribution in [2.24, 2.45) is 0 Å². The van der Waals surface area contributed by atoms with Gasteiger partial charge in [0, 0.05) is 9.80 Å². The van der Waals surface area contributed by atoms with E-state index in [2.05, 4.69) is 76.3 Å². The molecule has 1 heteroatoms. The second-order valence-electron chi connectivity index (χ2n) is 4.75. The van der Waals surface area contributed by atoms with Gasteiger partial charge in [0.1, 0.15) is 0 Å². The molecule has 0 aliphatic heterocycles. The Labute approximate surface area is 128 Å². The van der Waals surface area contributed by atoms with Crippen molar-refractivity contribution < 1.29 is 0 Å². The van der Waals surface area contributed by atoms with Crippen molar-refractivity contribution in [3.63, 3.8) is 0 Å². The quantitative estimate of drug-likeness (QED) is 0.390. The van der Waals surface area contributed by atoms with Crippen molar-refractivity contribution in [3.8, 4) is 0 Å². The number of thioether (sulfide) groups is 1. The third-order valence-corrected chi connectivity index (χ3v) is 4.03. The Morgan fingerprint density at radius 1 is 0.950 bits per heavy atom. The third-order valence-electron chi connectivity index (χ3n) is 2.98. The summed E-state index contributed by atoms with van der Waals surface area (Å²) in [6.45, 7) is 8.71. The van der Waals surface area contributed by atoms with Crippen molar-refractivity contribution in [2.75, 3.05) is 0 Å². The van der Waals surface area contributed by atoms with Gasteiger partial charge in [-0.3, -0.25) is 0 Å². The molecule has 1 aromatic rings. The summed E-state index contributed by atoms with van der Waals surface area (Å²) in [5.74, 6) is 0. The molecule has 0 heterocycles. The second-order valence-corrected chi connectivity index (χ2v) is 5.89. The molecule has 0 aliphatic rings. The Hall–Kier alpha value is -1.21. The first-order valence-corrected chi connectivity index (χ1v) is 8.34. The summed E-state index contributed by atoms with van der Waals surface area (Å²) in [6.07, 6.45) is 12.3. The molecule has 0 atom stereocenters. The summed E-state index contributed by atoms with van der Waals surface area (Å²) in [7, 11) is 0. The fourth-order valence-electron chi connectivity index (χ4n) is 1.92. The van der Waals surface area contributed by atoms with Crippen LogP contribution in [0.4, 0.5) is 0 Å². The van der Waals surface area contributed by atoms with Crippen molar-refractivity contribution in [3.05, 3.63) is 59.0 Å². The molecule has 108 valence electrons. The van der Waals surface area contributed by atoms with Crippen molar-refractivity contribution in [1.82, 2.24) is 0 Å². The molecule has 0 amide bonds. The van der Waals surface area contributed by atoms with Gasteiger partial charge in [0.15, 0.2) is 0 Å². The third kappa shape index (κ3) is 5.83. The zero-order chi connectivity index (χ0) is 14.8. The smallest absolute Gasteiger partial charge is 0.0122 e. The predicted molar refractivity (Wildman–Crippen MR) is 94.0 cm³/mol. The summed E-state index contributed by atoms with van der Waals surface area (Å²) in [6, 6.07) is 8.88. The van der Waals surface area contributed by atoms with Gasteiger partial charge in [-0.1, -0.05) is 69.0 Å². The molecule has 0 aromatic heterocycles. The molecule has 0 radical (unpaired) electrons. The Morgan fingerprint density at radius 2 is 1.60 bits per heavy atom. The average Bonchev–Trinajstić information content (AvgIpc) is 2.46. The van der Waals surface area contributed by atoms with Crippen LogP contribution < -0.4 is 0 Å². The maximum Gasteiger partial charge on any atom is 0.0122 e. The predicted octanol–water partition coefficient (Wildman–Crippen LogP) is 6.85. The van der Waals surface area contributed by atoms with E-state index < -0.39 is 0 Å². The van der Waals surface area contributed by atoms with Gasteiger partial charge in [0.25, 0.3) is 0 Å². The number of hydrogen-bond acceptors (Lipinski definition) is 1. The van der Waals surface area contributed by atoms with Crippen molar-refractivity contribution in [1.29, 1.82) is 0 Å². The van der Waals surface area contributed by atoms with E-state index in [-0.39, 0.29) is 0 Å². The van der Waals surface area contributed by atoms with Gasteiger partial charge in [0.2, 0.25) is 0 Å². The maximum absolute atomic E-state index is 2.28. The molecule has 0 bridgehead atoms. The largest absolute Gasteiger partial charge is 0.0905 e. The van der Waals surface area contributed by atoms with E-state index >= 15 is 0 Å². The molecule has 0 saturated heterocycles. The lowest BCUT2D eigenvalue weighted by Crippen LogP contribution is -1.80. The van der Waals surface area contributed by atoms with Gasteiger partial charge in [-0.2, -0.15) is 0 Å². The molecule has 0 saturated carbocycles. The molecular formula is C19H26S. The van der Waals surface area contributed by atoms with E-state index in [1.165, 1.54) is 20.9 Å². The molecule has 1 aromatic carbocycles. The molecule has 20 heavy (non-hydrogen) atoms. The van der Waals surface area contributed by atoms with Crippen LogP contribution in [0.1, 0.15) is 52.5 Å². The second kappa shape index (κ2) is 9.66. The highest BCUT2D eigenvalue weighted by Gasteiger charge is 1.99. The van der Waals surface area contributed by atoms with Crippen LogP contribution in [-0.4, -0.2) is 0 Å². The summed E-state index contributed by atoms with van der Waals surface area (Å²) in [5.41, 5.74) is 2.68. The molecule has 0 aliphatic carbocycles. The fourth-order valence-corrected chi connectivity index (χ4v) is 2.88. The van der Waals surface area contributed by atoms with Crippen LogP contribution in [0, 0.1) is 0 Å². The van der Waals surface area contributed by atoms with Crippen LogP contribution in [0.2, 0.25) is 0 Å². The average molecular weight is 286 g/mol. The normalized spacial score (nSPS) is 13.2. The molecule has 0 N–H and O–H groups in total. The summed E-state index contributed by atoms with van der Waals surface area (Å²) >= 11 is 1.84. The highest BCUT2D eigenvalue weighted by atomic mass is 32.2. The first-order chi connectivity index (χ1) is 9.71. The molecule has 0 fully saturated rings. The van der Waals surface area contributed by atoms with Gasteiger partial charge in [-0.25, -0.2) is 0 Å². The highest BCUT2D eigenvalue weighted by Crippen LogP contribution is 2.29. The standard InChI is InChI=1S/C19H26S/c1-5-8-11-18(10-7-3)20-19-14-12-17(13-15-19)16(4)9-6-2/h8-15H,5-7H2,1-4H3/b11-8-,16-9+,18-10+. The molecule has 0 nitrogen and oxygen atoms in total. The maximum atomic E-state index is 2.28. The number of rotatable bonds is 7. The lowest BCUT2D eigenvalue weighted by atomic mass is 10.1. The molecule has 0 unspecified atom stereocenters. The van der Waals surface area contributed by atoms with Gasteiger partial charge in [-0.05, 0) is 49.5 Å². The zero-order valence-corrected chi connectivity index (χ0v) is 14.0. The molecule has 1 rings (SSSR count). The van der Waals surface area contributed by atoms with E-state index in [0.29, 0.717) is 0 Å². The lowest BCUT2D eigenvalue weighted by molar-refractivity contribution is 1.20. The Balaban J connectivity index is 2.80. The minimum absolute atomic E-state index is 1.08. The SMILES string of the molecule is CC/C=C\C(=C/CC)Sc1ccc(/C(C)=C/CC)cc1. The zero-order valence-electron chi connectivity index (χ0n) is 13.1. The minimum atomic E-state index is 1.08. The Bertz CT molecular complexity index is 475. The Morgan fingerprint density at radius 3 is 2.15 bits per heavy atom. The minimum Gasteiger partial charge on any atom is -0.0905 e. The van der Waals surface area contributed by atoms with E-state index in [1.54, 1.807) is 0 Å². The summed E-state index contributed by atoms with van der Waals surface area (Å²) in [5, 5.41) is 0. The number of allylic oxidation sites excluding steroid dienone is 5. The fraction of sp³-hybridized carbons (Fsp3) is 0.368. The van der Waals surface area contributed by atoms with Gasteiger partial charge >= 0.3 is 0 Å². The van der Waals surface area contributed by atoms with Crippen molar-refractivity contribution in [2.45, 2.75) is 51.9 Å². The van der Waals surface area contributed by atoms with Crippen LogP contribution >= 0.6 is 11.8 Å². The lowest BCUT2D eigenvalue weighted by Gasteiger charge is -2.05. The first kappa shape index (κ1) is 16.8. The number of benzene rings is 1. The van der Waals surface area contributed by atoms with E-state index in [0.717, 1.165) is 19.3 Å². The van der Waals surface area contributed by atoms with E-state index in [4.69, 9.17) is 0 Å². The topological polar surface area (TPSA) is 0 Å². The summed E-state index contributed by atoms with van der Waals surface area (Å²) in [4.78, 5) is 2.64. The van der Waals surface area contributed by atoms with Crippen LogP contribution in [-0.2, 0) is 0 Å². The van der Waals surface area contributed by atoms with Crippen LogP contribution in [0.15, 0.2) is 58.4 Å². The number of hydrogen-bond donors (Lipinski definition) is 0. The monoisotopic (exact) mass is 286 g/mol. The van der Waals surface area contributed by atoms with Gasteiger partial charge in [-0.15, -0.1) is 0 Å². The summed E-state index contributed by atoms with van der Waals surface area (Å²) < 4.78 is 0. The van der Waals surface area contributed by atoms with Gasteiger partial charge < -0.3 is 0 Å². The first-order valence-electron chi connectivity index (χ1n) is 7.53. The van der Waals surface area contributed by atoms with Gasteiger partial charge in [0.05, 0.1) is 0 Å². The Kier molecular flexibility index (Phi) is 8.13. The van der Waals surface area contributed by atoms with E-state index in [1.807, 2.05) is 11.8 Å². The van der Waals surface area contributed by atoms with Crippen molar-refractivity contribution >= 4 is 17.3 Å². The molecular weight excluding hydrogens is 260 g/mol. The van der Waals surface area contributed by atoms with Crippen LogP contribution in [0.25, 0.3) is 5.57 Å². The van der Waals surface area contributed by atoms with Crippen LogP contribution in [0.3, 0.4) is 0 Å². The molecule has 0 spiro atoms. The highest BCUT2D eigenvalue weighted by molar-refractivity contribution is 8.03.